The van der Waals surface area contributed by atoms with E-state index in [0.717, 1.165) is 11.3 Å². The summed E-state index contributed by atoms with van der Waals surface area (Å²) in [6.45, 7) is 7.67. The van der Waals surface area contributed by atoms with E-state index in [9.17, 15) is 5.11 Å². The maximum Gasteiger partial charge on any atom is 0.233 e. The Morgan fingerprint density at radius 2 is 1.92 bits per heavy atom. The van der Waals surface area contributed by atoms with Gasteiger partial charge in [0.15, 0.2) is 0 Å². The zero-order chi connectivity index (χ0) is 17.2. The summed E-state index contributed by atoms with van der Waals surface area (Å²) in [6, 6.07) is 10.1. The summed E-state index contributed by atoms with van der Waals surface area (Å²) in [6.07, 6.45) is 4.94. The van der Waals surface area contributed by atoms with Crippen molar-refractivity contribution in [3.8, 4) is 0 Å². The van der Waals surface area contributed by atoms with Crippen LogP contribution in [0, 0.1) is 0 Å². The van der Waals surface area contributed by atoms with Crippen LogP contribution in [0.5, 0.6) is 0 Å². The van der Waals surface area contributed by atoms with E-state index in [4.69, 9.17) is 0 Å². The first-order chi connectivity index (χ1) is 11.4. The van der Waals surface area contributed by atoms with Gasteiger partial charge in [-0.05, 0) is 22.6 Å². The van der Waals surface area contributed by atoms with Crippen LogP contribution >= 0.6 is 0 Å². The highest BCUT2D eigenvalue weighted by Crippen LogP contribution is 2.23. The minimum absolute atomic E-state index is 0.124. The molecule has 1 unspecified atom stereocenters. The molecule has 2 N–H and O–H groups in total. The highest BCUT2D eigenvalue weighted by molar-refractivity contribution is 5.30. The van der Waals surface area contributed by atoms with Gasteiger partial charge in [-0.25, -0.2) is 9.97 Å². The van der Waals surface area contributed by atoms with Crippen molar-refractivity contribution in [2.75, 3.05) is 6.54 Å². The highest BCUT2D eigenvalue weighted by Gasteiger charge is 2.14. The predicted molar refractivity (Wildman–Crippen MR) is 94.8 cm³/mol. The molecule has 0 aliphatic heterocycles. The number of nitrogens with one attached hydrogen (secondary N) is 1. The fraction of sp³-hybridized carbons (Fsp3) is 0.368. The van der Waals surface area contributed by atoms with Crippen molar-refractivity contribution >= 4 is 5.78 Å². The average Bonchev–Trinajstić information content (AvgIpc) is 2.97. The van der Waals surface area contributed by atoms with Crippen LogP contribution in [0.25, 0.3) is 5.78 Å². The van der Waals surface area contributed by atoms with Crippen LogP contribution in [-0.2, 0) is 12.0 Å². The normalized spacial score (nSPS) is 13.3. The van der Waals surface area contributed by atoms with E-state index >= 15 is 0 Å². The molecule has 0 aliphatic rings. The number of aromatic nitrogens is 3. The lowest BCUT2D eigenvalue weighted by Crippen LogP contribution is -2.22. The van der Waals surface area contributed by atoms with Gasteiger partial charge < -0.3 is 10.4 Å². The molecule has 0 fully saturated rings. The Morgan fingerprint density at radius 3 is 2.62 bits per heavy atom. The van der Waals surface area contributed by atoms with Crippen molar-refractivity contribution in [3.05, 3.63) is 65.7 Å². The Bertz CT molecular complexity index is 802. The van der Waals surface area contributed by atoms with E-state index in [2.05, 4.69) is 48.2 Å². The molecule has 126 valence electrons. The summed E-state index contributed by atoms with van der Waals surface area (Å²) >= 11 is 0. The fourth-order valence-electron chi connectivity index (χ4n) is 2.67. The van der Waals surface area contributed by atoms with E-state index in [1.165, 1.54) is 5.56 Å². The van der Waals surface area contributed by atoms with Gasteiger partial charge in [-0.15, -0.1) is 0 Å². The lowest BCUT2D eigenvalue weighted by Gasteiger charge is -2.20. The van der Waals surface area contributed by atoms with Crippen molar-refractivity contribution in [2.45, 2.75) is 38.8 Å². The molecule has 0 bridgehead atoms. The molecule has 5 nitrogen and oxygen atoms in total. The molecule has 1 atom stereocenters. The number of benzene rings is 1. The van der Waals surface area contributed by atoms with E-state index < -0.39 is 6.10 Å². The first-order valence-electron chi connectivity index (χ1n) is 8.21. The first-order valence-corrected chi connectivity index (χ1v) is 8.21. The largest absolute Gasteiger partial charge is 0.387 e. The van der Waals surface area contributed by atoms with Gasteiger partial charge in [0, 0.05) is 25.5 Å². The van der Waals surface area contributed by atoms with Crippen LogP contribution in [0.2, 0.25) is 0 Å². The summed E-state index contributed by atoms with van der Waals surface area (Å²) in [5.74, 6) is 0.688. The average molecular weight is 324 g/mol. The van der Waals surface area contributed by atoms with E-state index in [1.54, 1.807) is 12.4 Å². The number of hydrogen-bond donors (Lipinski definition) is 2. The highest BCUT2D eigenvalue weighted by atomic mass is 16.3. The van der Waals surface area contributed by atoms with Gasteiger partial charge in [0.25, 0.3) is 0 Å². The summed E-state index contributed by atoms with van der Waals surface area (Å²) in [7, 11) is 0. The molecule has 1 aromatic carbocycles. The Balaban J connectivity index is 1.58. The van der Waals surface area contributed by atoms with Gasteiger partial charge >= 0.3 is 0 Å². The SMILES string of the molecule is CC(C)(C)c1ccc(C(O)CNCc2cnc3ncccn23)cc1. The minimum Gasteiger partial charge on any atom is -0.387 e. The predicted octanol–water partition coefficient (Wildman–Crippen LogP) is 2.85. The summed E-state index contributed by atoms with van der Waals surface area (Å²) in [5.41, 5.74) is 3.34. The standard InChI is InChI=1S/C19H24N4O/c1-19(2,3)15-7-5-14(6-8-15)17(24)13-20-11-16-12-22-18-21-9-4-10-23(16)18/h4-10,12,17,20,24H,11,13H2,1-3H3. The summed E-state index contributed by atoms with van der Waals surface area (Å²) in [4.78, 5) is 8.45. The first kappa shape index (κ1) is 16.6. The molecule has 5 heteroatoms. The van der Waals surface area contributed by atoms with Crippen molar-refractivity contribution in [3.63, 3.8) is 0 Å². The lowest BCUT2D eigenvalue weighted by atomic mass is 9.86. The molecule has 3 aromatic rings. The van der Waals surface area contributed by atoms with Crippen molar-refractivity contribution in [1.82, 2.24) is 19.7 Å². The molecular weight excluding hydrogens is 300 g/mol. The van der Waals surface area contributed by atoms with Gasteiger partial charge in [0.1, 0.15) is 0 Å². The van der Waals surface area contributed by atoms with Crippen molar-refractivity contribution in [2.24, 2.45) is 0 Å². The molecule has 2 aromatic heterocycles. The number of imidazole rings is 1. The Hall–Kier alpha value is -2.24. The van der Waals surface area contributed by atoms with Crippen LogP contribution in [0.1, 0.15) is 43.7 Å². The molecule has 2 heterocycles. The lowest BCUT2D eigenvalue weighted by molar-refractivity contribution is 0.174. The molecular formula is C19H24N4O. The fourth-order valence-corrected chi connectivity index (χ4v) is 2.67. The van der Waals surface area contributed by atoms with E-state index in [1.807, 2.05) is 28.8 Å². The number of fused-ring (bicyclic) bond motifs is 1. The van der Waals surface area contributed by atoms with Crippen molar-refractivity contribution < 1.29 is 5.11 Å². The Labute approximate surface area is 142 Å². The maximum atomic E-state index is 10.4. The monoisotopic (exact) mass is 324 g/mol. The van der Waals surface area contributed by atoms with Crippen LogP contribution in [0.3, 0.4) is 0 Å². The molecule has 0 amide bonds. The number of rotatable bonds is 5. The third-order valence-corrected chi connectivity index (χ3v) is 4.17. The topological polar surface area (TPSA) is 62.5 Å². The zero-order valence-corrected chi connectivity index (χ0v) is 14.4. The van der Waals surface area contributed by atoms with Gasteiger partial charge in [0.2, 0.25) is 5.78 Å². The van der Waals surface area contributed by atoms with E-state index in [-0.39, 0.29) is 5.41 Å². The minimum atomic E-state index is -0.531. The third-order valence-electron chi connectivity index (χ3n) is 4.17. The molecule has 24 heavy (non-hydrogen) atoms. The smallest absolute Gasteiger partial charge is 0.233 e. The molecule has 0 spiro atoms. The van der Waals surface area contributed by atoms with Crippen LogP contribution in [0.4, 0.5) is 0 Å². The van der Waals surface area contributed by atoms with Gasteiger partial charge in [0.05, 0.1) is 18.0 Å². The maximum absolute atomic E-state index is 10.4. The second-order valence-corrected chi connectivity index (χ2v) is 7.06. The van der Waals surface area contributed by atoms with Crippen LogP contribution in [0.15, 0.2) is 48.9 Å². The van der Waals surface area contributed by atoms with Crippen LogP contribution in [-0.4, -0.2) is 26.0 Å². The second-order valence-electron chi connectivity index (χ2n) is 7.06. The molecule has 3 rings (SSSR count). The zero-order valence-electron chi connectivity index (χ0n) is 14.4. The number of nitrogens with zero attached hydrogens (tertiary/aromatic N) is 3. The quantitative estimate of drug-likeness (QED) is 0.757. The summed E-state index contributed by atoms with van der Waals surface area (Å²) < 4.78 is 1.94. The molecule has 0 saturated heterocycles. The molecule has 0 aliphatic carbocycles. The van der Waals surface area contributed by atoms with Gasteiger partial charge in [-0.2, -0.15) is 0 Å². The van der Waals surface area contributed by atoms with Gasteiger partial charge in [-0.3, -0.25) is 4.40 Å². The van der Waals surface area contributed by atoms with Crippen molar-refractivity contribution in [1.29, 1.82) is 0 Å². The third kappa shape index (κ3) is 3.63. The number of aliphatic hydroxyl groups excluding tert-OH is 1. The van der Waals surface area contributed by atoms with Crippen LogP contribution < -0.4 is 5.32 Å². The summed E-state index contributed by atoms with van der Waals surface area (Å²) in [5, 5.41) is 13.6. The molecule has 0 radical (unpaired) electrons. The second kappa shape index (κ2) is 6.71. The molecule has 0 saturated carbocycles. The Kier molecular flexibility index (Phi) is 4.64. The number of aliphatic hydroxyl groups is 1. The van der Waals surface area contributed by atoms with Gasteiger partial charge in [-0.1, -0.05) is 45.0 Å². The number of hydrogen-bond acceptors (Lipinski definition) is 4. The van der Waals surface area contributed by atoms with E-state index in [0.29, 0.717) is 18.9 Å². The Morgan fingerprint density at radius 1 is 1.17 bits per heavy atom.